The van der Waals surface area contributed by atoms with E-state index in [1.165, 1.54) is 6.07 Å². The second-order valence-corrected chi connectivity index (χ2v) is 4.37. The maximum Gasteiger partial charge on any atom is 0.165 e. The van der Waals surface area contributed by atoms with E-state index in [0.717, 1.165) is 11.1 Å². The monoisotopic (exact) mass is 270 g/mol. The van der Waals surface area contributed by atoms with Crippen molar-refractivity contribution in [3.63, 3.8) is 0 Å². The van der Waals surface area contributed by atoms with Gasteiger partial charge in [-0.1, -0.05) is 24.3 Å². The van der Waals surface area contributed by atoms with Gasteiger partial charge in [0.1, 0.15) is 6.61 Å². The number of rotatable bonds is 5. The molecule has 0 aliphatic heterocycles. The molecule has 3 nitrogen and oxygen atoms in total. The van der Waals surface area contributed by atoms with Crippen LogP contribution in [0.4, 0.5) is 4.39 Å². The molecular weight excluding hydrogens is 255 g/mol. The summed E-state index contributed by atoms with van der Waals surface area (Å²) in [4.78, 5) is 0. The summed E-state index contributed by atoms with van der Waals surface area (Å²) in [6.45, 7) is 0.651. The number of para-hydroxylation sites is 1. The molecule has 102 valence electrons. The molecule has 0 aliphatic rings. The van der Waals surface area contributed by atoms with Gasteiger partial charge in [-0.05, 0) is 42.3 Å². The SMILES string of the molecule is N#Cc1cccc(COc2c(F)cccc2CCN)c1. The first-order chi connectivity index (χ1) is 9.74. The van der Waals surface area contributed by atoms with Crippen molar-refractivity contribution in [1.29, 1.82) is 5.26 Å². The Morgan fingerprint density at radius 3 is 2.75 bits per heavy atom. The molecule has 2 N–H and O–H groups in total. The van der Waals surface area contributed by atoms with Crippen LogP contribution in [-0.4, -0.2) is 6.54 Å². The van der Waals surface area contributed by atoms with Crippen molar-refractivity contribution in [2.45, 2.75) is 13.0 Å². The zero-order chi connectivity index (χ0) is 14.4. The molecule has 0 fully saturated rings. The van der Waals surface area contributed by atoms with E-state index in [9.17, 15) is 4.39 Å². The van der Waals surface area contributed by atoms with Crippen molar-refractivity contribution in [2.75, 3.05) is 6.54 Å². The molecule has 0 unspecified atom stereocenters. The fraction of sp³-hybridized carbons (Fsp3) is 0.188. The summed E-state index contributed by atoms with van der Waals surface area (Å²) in [5.41, 5.74) is 7.65. The number of benzene rings is 2. The van der Waals surface area contributed by atoms with Gasteiger partial charge in [0.2, 0.25) is 0 Å². The number of halogens is 1. The molecule has 0 saturated heterocycles. The number of hydrogen-bond donors (Lipinski definition) is 1. The number of nitriles is 1. The Hall–Kier alpha value is -2.38. The minimum atomic E-state index is -0.396. The fourth-order valence-corrected chi connectivity index (χ4v) is 1.95. The highest BCUT2D eigenvalue weighted by Crippen LogP contribution is 2.24. The molecular formula is C16H15FN2O. The van der Waals surface area contributed by atoms with Gasteiger partial charge in [0.25, 0.3) is 0 Å². The van der Waals surface area contributed by atoms with Crippen LogP contribution in [0.25, 0.3) is 0 Å². The molecule has 0 spiro atoms. The molecule has 0 heterocycles. The van der Waals surface area contributed by atoms with Crippen LogP contribution in [-0.2, 0) is 13.0 Å². The number of hydrogen-bond acceptors (Lipinski definition) is 3. The quantitative estimate of drug-likeness (QED) is 0.908. The summed E-state index contributed by atoms with van der Waals surface area (Å²) < 4.78 is 19.4. The summed E-state index contributed by atoms with van der Waals surface area (Å²) in [6.07, 6.45) is 0.561. The first-order valence-electron chi connectivity index (χ1n) is 6.34. The molecule has 2 rings (SSSR count). The Bertz CT molecular complexity index is 635. The van der Waals surface area contributed by atoms with Crippen LogP contribution in [0, 0.1) is 17.1 Å². The maximum absolute atomic E-state index is 13.8. The highest BCUT2D eigenvalue weighted by molar-refractivity contribution is 5.36. The molecule has 0 bridgehead atoms. The van der Waals surface area contributed by atoms with Gasteiger partial charge in [0.15, 0.2) is 11.6 Å². The lowest BCUT2D eigenvalue weighted by Gasteiger charge is -2.12. The predicted molar refractivity (Wildman–Crippen MR) is 74.6 cm³/mol. The van der Waals surface area contributed by atoms with Gasteiger partial charge in [-0.2, -0.15) is 5.26 Å². The highest BCUT2D eigenvalue weighted by Gasteiger charge is 2.09. The van der Waals surface area contributed by atoms with Crippen LogP contribution in [0.5, 0.6) is 5.75 Å². The Balaban J connectivity index is 2.16. The molecule has 20 heavy (non-hydrogen) atoms. The molecule has 0 radical (unpaired) electrons. The van der Waals surface area contributed by atoms with Gasteiger partial charge >= 0.3 is 0 Å². The van der Waals surface area contributed by atoms with Gasteiger partial charge < -0.3 is 10.5 Å². The molecule has 0 atom stereocenters. The number of nitrogens with zero attached hydrogens (tertiary/aromatic N) is 1. The summed E-state index contributed by atoms with van der Waals surface area (Å²) >= 11 is 0. The Morgan fingerprint density at radius 2 is 2.00 bits per heavy atom. The minimum Gasteiger partial charge on any atom is -0.486 e. The van der Waals surface area contributed by atoms with Crippen molar-refractivity contribution < 1.29 is 9.13 Å². The van der Waals surface area contributed by atoms with Crippen LogP contribution in [0.3, 0.4) is 0 Å². The zero-order valence-electron chi connectivity index (χ0n) is 11.0. The van der Waals surface area contributed by atoms with E-state index in [0.29, 0.717) is 18.5 Å². The van der Waals surface area contributed by atoms with Crippen molar-refractivity contribution in [3.8, 4) is 11.8 Å². The van der Waals surface area contributed by atoms with E-state index in [4.69, 9.17) is 15.7 Å². The van der Waals surface area contributed by atoms with Crippen molar-refractivity contribution >= 4 is 0 Å². The normalized spacial score (nSPS) is 10.1. The van der Waals surface area contributed by atoms with E-state index in [-0.39, 0.29) is 12.4 Å². The minimum absolute atomic E-state index is 0.216. The Kier molecular flexibility index (Phi) is 4.70. The van der Waals surface area contributed by atoms with E-state index >= 15 is 0 Å². The van der Waals surface area contributed by atoms with Crippen molar-refractivity contribution in [1.82, 2.24) is 0 Å². The average Bonchev–Trinajstić information content (AvgIpc) is 2.47. The van der Waals surface area contributed by atoms with Gasteiger partial charge in [-0.3, -0.25) is 0 Å². The van der Waals surface area contributed by atoms with Crippen molar-refractivity contribution in [2.24, 2.45) is 5.73 Å². The lowest BCUT2D eigenvalue weighted by molar-refractivity contribution is 0.287. The van der Waals surface area contributed by atoms with Crippen LogP contribution >= 0.6 is 0 Å². The molecule has 0 aliphatic carbocycles. The summed E-state index contributed by atoms with van der Waals surface area (Å²) in [5.74, 6) is -0.160. The van der Waals surface area contributed by atoms with E-state index < -0.39 is 5.82 Å². The predicted octanol–water partition coefficient (Wildman–Crippen LogP) is 2.78. The molecule has 0 saturated carbocycles. The lowest BCUT2D eigenvalue weighted by atomic mass is 10.1. The summed E-state index contributed by atoms with van der Waals surface area (Å²) in [6, 6.07) is 13.9. The second kappa shape index (κ2) is 6.69. The molecule has 0 aromatic heterocycles. The Morgan fingerprint density at radius 1 is 1.20 bits per heavy atom. The zero-order valence-corrected chi connectivity index (χ0v) is 11.0. The first-order valence-corrected chi connectivity index (χ1v) is 6.34. The lowest BCUT2D eigenvalue weighted by Crippen LogP contribution is -2.06. The van der Waals surface area contributed by atoms with Crippen molar-refractivity contribution in [3.05, 3.63) is 65.0 Å². The molecule has 4 heteroatoms. The molecule has 2 aromatic carbocycles. The third kappa shape index (κ3) is 3.34. The van der Waals surface area contributed by atoms with Gasteiger partial charge in [-0.25, -0.2) is 4.39 Å². The standard InChI is InChI=1S/C16H15FN2O/c17-15-6-2-5-14(7-8-18)16(15)20-11-13-4-1-3-12(9-13)10-19/h1-6,9H,7-8,11,18H2. The number of nitrogens with two attached hydrogens (primary N) is 1. The van der Waals surface area contributed by atoms with Crippen LogP contribution in [0.15, 0.2) is 42.5 Å². The second-order valence-electron chi connectivity index (χ2n) is 4.37. The molecule has 2 aromatic rings. The summed E-state index contributed by atoms with van der Waals surface area (Å²) in [5, 5.41) is 8.84. The van der Waals surface area contributed by atoms with Gasteiger partial charge in [-0.15, -0.1) is 0 Å². The van der Waals surface area contributed by atoms with E-state index in [2.05, 4.69) is 6.07 Å². The van der Waals surface area contributed by atoms with Gasteiger partial charge in [0, 0.05) is 0 Å². The third-order valence-electron chi connectivity index (χ3n) is 2.90. The third-order valence-corrected chi connectivity index (χ3v) is 2.90. The van der Waals surface area contributed by atoms with Crippen LogP contribution in [0.2, 0.25) is 0 Å². The van der Waals surface area contributed by atoms with Crippen LogP contribution in [0.1, 0.15) is 16.7 Å². The largest absolute Gasteiger partial charge is 0.486 e. The average molecular weight is 270 g/mol. The Labute approximate surface area is 117 Å². The summed E-state index contributed by atoms with van der Waals surface area (Å²) in [7, 11) is 0. The topological polar surface area (TPSA) is 59.0 Å². The fourth-order valence-electron chi connectivity index (χ4n) is 1.95. The van der Waals surface area contributed by atoms with Gasteiger partial charge in [0.05, 0.1) is 11.6 Å². The first kappa shape index (κ1) is 14.0. The smallest absolute Gasteiger partial charge is 0.165 e. The van der Waals surface area contributed by atoms with Crippen LogP contribution < -0.4 is 10.5 Å². The maximum atomic E-state index is 13.8. The highest BCUT2D eigenvalue weighted by atomic mass is 19.1. The van der Waals surface area contributed by atoms with E-state index in [1.807, 2.05) is 6.07 Å². The van der Waals surface area contributed by atoms with E-state index in [1.54, 1.807) is 30.3 Å². The number of ether oxygens (including phenoxy) is 1. The molecule has 0 amide bonds.